The fourth-order valence-corrected chi connectivity index (χ4v) is 18.0. The zero-order chi connectivity index (χ0) is 55.4. The Morgan fingerprint density at radius 3 is 0.410 bits per heavy atom. The second kappa shape index (κ2) is 48.0. The fourth-order valence-electron chi connectivity index (χ4n) is 11.1. The summed E-state index contributed by atoms with van der Waals surface area (Å²) in [6.07, 6.45) is 57.8. The van der Waals surface area contributed by atoms with Gasteiger partial charge < -0.3 is 0 Å². The SMILES string of the molecule is CCCCCCCCCSc1cc2c3cc(SCCCCCCCCC)c(SCCCCCCCCC)cc3c3cc(SCCCCCCCCC)c(SCCCCCCCCC)cc3c2cc1SCCCCCCCCC. The van der Waals surface area contributed by atoms with Crippen LogP contribution >= 0.6 is 70.6 Å². The largest absolute Gasteiger partial charge is 0.125 e. The lowest BCUT2D eigenvalue weighted by Crippen LogP contribution is -1.94. The molecule has 4 rings (SSSR count). The summed E-state index contributed by atoms with van der Waals surface area (Å²) in [6, 6.07) is 16.3. The molecule has 0 aromatic heterocycles. The minimum absolute atomic E-state index is 1.23. The Morgan fingerprint density at radius 1 is 0.167 bits per heavy atom. The second-order valence-corrected chi connectivity index (χ2v) is 30.2. The third-order valence-electron chi connectivity index (χ3n) is 16.2. The lowest BCUT2D eigenvalue weighted by Gasteiger charge is -2.20. The topological polar surface area (TPSA) is 0 Å². The molecule has 78 heavy (non-hydrogen) atoms. The molecular formula is C72H120S6. The number of unbranched alkanes of at least 4 members (excludes halogenated alkanes) is 36. The van der Waals surface area contributed by atoms with Crippen LogP contribution in [0.3, 0.4) is 0 Å². The standard InChI is InChI=1S/C72H120S6/c1-7-13-19-25-31-37-43-49-73-67-55-61-62(56-68(67)74-50-44-38-32-26-20-14-8-2)64-58-70(76-52-46-40-34-28-22-16-10-4)72(78-54-48-42-36-30-24-18-12-6)60-66(64)65-59-71(77-53-47-41-35-29-23-17-11-5)69(57-63(61)65)75-51-45-39-33-27-21-15-9-3/h55-60H,7-54H2,1-6H3. The molecule has 4 aromatic rings. The second-order valence-electron chi connectivity index (χ2n) is 23.4. The van der Waals surface area contributed by atoms with Crippen LogP contribution in [0.1, 0.15) is 311 Å². The molecule has 0 unspecified atom stereocenters. The van der Waals surface area contributed by atoms with Crippen LogP contribution in [-0.4, -0.2) is 34.5 Å². The molecule has 0 atom stereocenters. The number of rotatable bonds is 54. The average molecular weight is 1180 g/mol. The lowest BCUT2D eigenvalue weighted by molar-refractivity contribution is 0.603. The number of hydrogen-bond donors (Lipinski definition) is 0. The highest BCUT2D eigenvalue weighted by molar-refractivity contribution is 8.03. The summed E-state index contributed by atoms with van der Waals surface area (Å²) in [5, 5.41) is 9.04. The van der Waals surface area contributed by atoms with Gasteiger partial charge in [-0.2, -0.15) is 0 Å². The van der Waals surface area contributed by atoms with Gasteiger partial charge in [-0.3, -0.25) is 0 Å². The van der Waals surface area contributed by atoms with Crippen molar-refractivity contribution in [3.8, 4) is 0 Å². The van der Waals surface area contributed by atoms with E-state index in [2.05, 4.69) is 149 Å². The van der Waals surface area contributed by atoms with Crippen LogP contribution in [0.5, 0.6) is 0 Å². The summed E-state index contributed by atoms with van der Waals surface area (Å²) in [7, 11) is 0. The molecule has 0 amide bonds. The van der Waals surface area contributed by atoms with Gasteiger partial charge in [0.25, 0.3) is 0 Å². The van der Waals surface area contributed by atoms with Crippen molar-refractivity contribution >= 4 is 103 Å². The van der Waals surface area contributed by atoms with E-state index in [0.29, 0.717) is 0 Å². The number of hydrogen-bond acceptors (Lipinski definition) is 6. The van der Waals surface area contributed by atoms with Gasteiger partial charge in [-0.05, 0) is 142 Å². The highest BCUT2D eigenvalue weighted by Gasteiger charge is 2.19. The smallest absolute Gasteiger partial charge is 0.0215 e. The van der Waals surface area contributed by atoms with E-state index in [9.17, 15) is 0 Å². The molecule has 0 spiro atoms. The molecule has 0 heterocycles. The van der Waals surface area contributed by atoms with E-state index in [1.807, 2.05) is 0 Å². The van der Waals surface area contributed by atoms with Gasteiger partial charge in [-0.1, -0.05) is 273 Å². The molecule has 0 fully saturated rings. The molecule has 0 aliphatic rings. The van der Waals surface area contributed by atoms with Crippen LogP contribution in [-0.2, 0) is 0 Å². The highest BCUT2D eigenvalue weighted by Crippen LogP contribution is 2.48. The Labute approximate surface area is 510 Å². The van der Waals surface area contributed by atoms with Gasteiger partial charge in [0.05, 0.1) is 0 Å². The Kier molecular flexibility index (Phi) is 43.3. The molecule has 0 bridgehead atoms. The predicted octanol–water partition coefficient (Wildman–Crippen LogP) is 28.2. The maximum Gasteiger partial charge on any atom is 0.0215 e. The first-order valence-corrected chi connectivity index (χ1v) is 39.8. The maximum absolute atomic E-state index is 2.72. The summed E-state index contributed by atoms with van der Waals surface area (Å²) in [5.74, 6) is 7.38. The molecule has 4 aromatic carbocycles. The van der Waals surface area contributed by atoms with Gasteiger partial charge in [-0.15, -0.1) is 70.6 Å². The van der Waals surface area contributed by atoms with Crippen molar-refractivity contribution in [1.82, 2.24) is 0 Å². The minimum Gasteiger partial charge on any atom is -0.125 e. The predicted molar refractivity (Wildman–Crippen MR) is 371 cm³/mol. The van der Waals surface area contributed by atoms with Gasteiger partial charge in [-0.25, -0.2) is 0 Å². The van der Waals surface area contributed by atoms with E-state index in [4.69, 9.17) is 0 Å². The summed E-state index contributed by atoms with van der Waals surface area (Å²) in [4.78, 5) is 9.29. The fraction of sp³-hybridized carbons (Fsp3) is 0.750. The Balaban J connectivity index is 1.85. The summed E-state index contributed by atoms with van der Waals surface area (Å²) >= 11 is 13.1. The first-order chi connectivity index (χ1) is 38.6. The van der Waals surface area contributed by atoms with Crippen LogP contribution in [0, 0.1) is 0 Å². The zero-order valence-electron chi connectivity index (χ0n) is 51.9. The number of fused-ring (bicyclic) bond motifs is 6. The minimum atomic E-state index is 1.23. The average Bonchev–Trinajstić information content (AvgIpc) is 3.56. The molecule has 0 aliphatic heterocycles. The first kappa shape index (κ1) is 70.2. The molecule has 0 saturated carbocycles. The van der Waals surface area contributed by atoms with E-state index in [0.717, 1.165) is 0 Å². The summed E-state index contributed by atoms with van der Waals surface area (Å²) < 4.78 is 0. The molecular weight excluding hydrogens is 1060 g/mol. The van der Waals surface area contributed by atoms with E-state index in [1.54, 1.807) is 29.4 Å². The van der Waals surface area contributed by atoms with Crippen molar-refractivity contribution in [3.63, 3.8) is 0 Å². The number of benzene rings is 4. The molecule has 444 valence electrons. The quantitative estimate of drug-likeness (QED) is 0.0244. The van der Waals surface area contributed by atoms with E-state index < -0.39 is 0 Å². The van der Waals surface area contributed by atoms with Gasteiger partial charge in [0, 0.05) is 29.4 Å². The van der Waals surface area contributed by atoms with E-state index in [-0.39, 0.29) is 0 Å². The van der Waals surface area contributed by atoms with Crippen LogP contribution < -0.4 is 0 Å². The van der Waals surface area contributed by atoms with Crippen molar-refractivity contribution in [1.29, 1.82) is 0 Å². The Hall–Kier alpha value is -0.240. The van der Waals surface area contributed by atoms with E-state index >= 15 is 0 Å². The summed E-state index contributed by atoms with van der Waals surface area (Å²) in [5.41, 5.74) is 0. The van der Waals surface area contributed by atoms with Crippen molar-refractivity contribution < 1.29 is 0 Å². The van der Waals surface area contributed by atoms with Crippen LogP contribution in [0.25, 0.3) is 32.3 Å². The van der Waals surface area contributed by atoms with Gasteiger partial charge in [0.1, 0.15) is 0 Å². The molecule has 0 aliphatic carbocycles. The molecule has 0 radical (unpaired) electrons. The third-order valence-corrected chi connectivity index (χ3v) is 23.4. The van der Waals surface area contributed by atoms with Crippen molar-refractivity contribution in [2.24, 2.45) is 0 Å². The van der Waals surface area contributed by atoms with Crippen molar-refractivity contribution in [3.05, 3.63) is 36.4 Å². The van der Waals surface area contributed by atoms with Gasteiger partial charge in [0.2, 0.25) is 0 Å². The summed E-state index contributed by atoms with van der Waals surface area (Å²) in [6.45, 7) is 14.0. The van der Waals surface area contributed by atoms with Crippen LogP contribution in [0.4, 0.5) is 0 Å². The molecule has 6 heteroatoms. The van der Waals surface area contributed by atoms with E-state index in [1.165, 1.54) is 337 Å². The molecule has 0 saturated heterocycles. The van der Waals surface area contributed by atoms with Gasteiger partial charge in [0.15, 0.2) is 0 Å². The number of thioether (sulfide) groups is 6. The van der Waals surface area contributed by atoms with Crippen molar-refractivity contribution in [2.75, 3.05) is 34.5 Å². The normalized spacial score (nSPS) is 11.9. The van der Waals surface area contributed by atoms with Crippen LogP contribution in [0.15, 0.2) is 65.8 Å². The Bertz CT molecular complexity index is 1670. The molecule has 0 N–H and O–H groups in total. The lowest BCUT2D eigenvalue weighted by atomic mass is 9.94. The van der Waals surface area contributed by atoms with Gasteiger partial charge >= 0.3 is 0 Å². The Morgan fingerprint density at radius 2 is 0.282 bits per heavy atom. The maximum atomic E-state index is 2.72. The van der Waals surface area contributed by atoms with Crippen LogP contribution in [0.2, 0.25) is 0 Å². The zero-order valence-corrected chi connectivity index (χ0v) is 56.8. The molecule has 0 nitrogen and oxygen atoms in total. The monoisotopic (exact) mass is 1180 g/mol. The van der Waals surface area contributed by atoms with Crippen molar-refractivity contribution in [2.45, 2.75) is 341 Å². The third kappa shape index (κ3) is 29.5. The highest BCUT2D eigenvalue weighted by atomic mass is 32.2. The first-order valence-electron chi connectivity index (χ1n) is 33.9.